The molecule has 0 radical (unpaired) electrons. The van der Waals surface area contributed by atoms with Crippen LogP contribution in [0.25, 0.3) is 0 Å². The number of nitrogens with two attached hydrogens (primary N) is 1. The third-order valence-electron chi connectivity index (χ3n) is 3.42. The van der Waals surface area contributed by atoms with E-state index in [-0.39, 0.29) is 5.41 Å². The summed E-state index contributed by atoms with van der Waals surface area (Å²) in [7, 11) is 0. The first-order chi connectivity index (χ1) is 7.97. The lowest BCUT2D eigenvalue weighted by Gasteiger charge is -2.32. The summed E-state index contributed by atoms with van der Waals surface area (Å²) in [6.45, 7) is 8.67. The quantitative estimate of drug-likeness (QED) is 0.809. The molecule has 3 heteroatoms. The molecule has 0 spiro atoms. The van der Waals surface area contributed by atoms with Gasteiger partial charge in [-0.3, -0.25) is 4.98 Å². The highest BCUT2D eigenvalue weighted by Crippen LogP contribution is 2.23. The van der Waals surface area contributed by atoms with Crippen molar-refractivity contribution in [3.05, 3.63) is 24.0 Å². The number of nitrogens with zero attached hydrogens (tertiary/aromatic N) is 2. The van der Waals surface area contributed by atoms with Crippen LogP contribution in [0.15, 0.2) is 18.3 Å². The average molecular weight is 233 g/mol. The van der Waals surface area contributed by atoms with Gasteiger partial charge in [-0.25, -0.2) is 0 Å². The Balaban J connectivity index is 2.08. The summed E-state index contributed by atoms with van der Waals surface area (Å²) in [6, 6.07) is 4.71. The minimum absolute atomic E-state index is 0.128. The van der Waals surface area contributed by atoms with E-state index >= 15 is 0 Å². The van der Waals surface area contributed by atoms with Crippen LogP contribution in [0.4, 0.5) is 5.69 Å². The molecule has 94 valence electrons. The van der Waals surface area contributed by atoms with E-state index in [1.54, 1.807) is 0 Å². The molecule has 0 aliphatic carbocycles. The number of hydrogen-bond acceptors (Lipinski definition) is 3. The first-order valence-corrected chi connectivity index (χ1v) is 6.44. The highest BCUT2D eigenvalue weighted by atomic mass is 15.1. The van der Waals surface area contributed by atoms with Gasteiger partial charge in [-0.2, -0.15) is 0 Å². The van der Waals surface area contributed by atoms with Gasteiger partial charge in [-0.05, 0) is 25.0 Å². The number of pyridine rings is 1. The van der Waals surface area contributed by atoms with Crippen LogP contribution in [-0.4, -0.2) is 24.1 Å². The van der Waals surface area contributed by atoms with Crippen LogP contribution in [-0.2, 0) is 5.41 Å². The second-order valence-electron chi connectivity index (χ2n) is 5.98. The minimum atomic E-state index is 0.128. The molecule has 1 fully saturated rings. The number of rotatable bonds is 1. The monoisotopic (exact) mass is 233 g/mol. The predicted octanol–water partition coefficient (Wildman–Crippen LogP) is 2.31. The van der Waals surface area contributed by atoms with E-state index in [2.05, 4.69) is 42.8 Å². The molecule has 3 nitrogen and oxygen atoms in total. The Morgan fingerprint density at radius 3 is 2.35 bits per heavy atom. The van der Waals surface area contributed by atoms with Gasteiger partial charge in [-0.15, -0.1) is 0 Å². The van der Waals surface area contributed by atoms with Crippen molar-refractivity contribution in [1.82, 2.24) is 4.98 Å². The molecule has 1 aliphatic heterocycles. The van der Waals surface area contributed by atoms with Gasteiger partial charge < -0.3 is 10.6 Å². The Kier molecular flexibility index (Phi) is 3.38. The van der Waals surface area contributed by atoms with Gasteiger partial charge in [0.25, 0.3) is 0 Å². The third-order valence-corrected chi connectivity index (χ3v) is 3.42. The molecule has 1 saturated heterocycles. The minimum Gasteiger partial charge on any atom is -0.370 e. The number of piperidine rings is 1. The highest BCUT2D eigenvalue weighted by Gasteiger charge is 2.18. The molecule has 2 rings (SSSR count). The van der Waals surface area contributed by atoms with E-state index in [4.69, 9.17) is 5.73 Å². The Morgan fingerprint density at radius 2 is 1.88 bits per heavy atom. The predicted molar refractivity (Wildman–Crippen MR) is 72.4 cm³/mol. The smallest absolute Gasteiger partial charge is 0.0552 e. The van der Waals surface area contributed by atoms with Crippen molar-refractivity contribution in [2.24, 2.45) is 5.73 Å². The van der Waals surface area contributed by atoms with Gasteiger partial charge >= 0.3 is 0 Å². The Labute approximate surface area is 104 Å². The van der Waals surface area contributed by atoms with Crippen LogP contribution in [0.2, 0.25) is 0 Å². The van der Waals surface area contributed by atoms with Gasteiger partial charge in [0.05, 0.1) is 11.9 Å². The van der Waals surface area contributed by atoms with E-state index in [0.717, 1.165) is 31.6 Å². The van der Waals surface area contributed by atoms with Gasteiger partial charge in [0.1, 0.15) is 0 Å². The van der Waals surface area contributed by atoms with Crippen molar-refractivity contribution >= 4 is 5.69 Å². The van der Waals surface area contributed by atoms with Gasteiger partial charge in [0, 0.05) is 30.2 Å². The van der Waals surface area contributed by atoms with Crippen LogP contribution >= 0.6 is 0 Å². The maximum atomic E-state index is 5.91. The molecule has 2 heterocycles. The second-order valence-corrected chi connectivity index (χ2v) is 5.98. The third kappa shape index (κ3) is 2.97. The summed E-state index contributed by atoms with van der Waals surface area (Å²) in [5.74, 6) is 0. The van der Waals surface area contributed by atoms with Crippen molar-refractivity contribution in [3.8, 4) is 0 Å². The topological polar surface area (TPSA) is 42.1 Å². The molecule has 1 aromatic rings. The average Bonchev–Trinajstić information content (AvgIpc) is 2.29. The zero-order valence-electron chi connectivity index (χ0n) is 11.1. The second kappa shape index (κ2) is 4.65. The molecule has 17 heavy (non-hydrogen) atoms. The van der Waals surface area contributed by atoms with Crippen molar-refractivity contribution < 1.29 is 0 Å². The van der Waals surface area contributed by atoms with Crippen LogP contribution in [0.3, 0.4) is 0 Å². The highest BCUT2D eigenvalue weighted by molar-refractivity contribution is 5.45. The Hall–Kier alpha value is -1.09. The number of anilines is 1. The standard InChI is InChI=1S/C14H23N3/c1-14(2,3)13-5-4-12(10-16-13)17-8-6-11(15)7-9-17/h4-5,10-11H,6-9,15H2,1-3H3. The van der Waals surface area contributed by atoms with E-state index in [9.17, 15) is 0 Å². The normalized spacial score (nSPS) is 18.5. The maximum absolute atomic E-state index is 5.91. The van der Waals surface area contributed by atoms with Crippen molar-refractivity contribution in [2.75, 3.05) is 18.0 Å². The van der Waals surface area contributed by atoms with Gasteiger partial charge in [0.15, 0.2) is 0 Å². The summed E-state index contributed by atoms with van der Waals surface area (Å²) in [5, 5.41) is 0. The Morgan fingerprint density at radius 1 is 1.24 bits per heavy atom. The summed E-state index contributed by atoms with van der Waals surface area (Å²) < 4.78 is 0. The zero-order chi connectivity index (χ0) is 12.5. The van der Waals surface area contributed by atoms with Crippen molar-refractivity contribution in [3.63, 3.8) is 0 Å². The Bertz CT molecular complexity index is 356. The largest absolute Gasteiger partial charge is 0.370 e. The molecule has 1 aliphatic rings. The molecule has 0 atom stereocenters. The molecule has 0 saturated carbocycles. The summed E-state index contributed by atoms with van der Waals surface area (Å²) in [6.07, 6.45) is 4.17. The van der Waals surface area contributed by atoms with Crippen LogP contribution in [0.5, 0.6) is 0 Å². The fourth-order valence-electron chi connectivity index (χ4n) is 2.17. The van der Waals surface area contributed by atoms with Crippen LogP contribution < -0.4 is 10.6 Å². The first-order valence-electron chi connectivity index (χ1n) is 6.44. The van der Waals surface area contributed by atoms with Gasteiger partial charge in [0.2, 0.25) is 0 Å². The van der Waals surface area contributed by atoms with Crippen LogP contribution in [0.1, 0.15) is 39.3 Å². The van der Waals surface area contributed by atoms with E-state index < -0.39 is 0 Å². The van der Waals surface area contributed by atoms with Gasteiger partial charge in [-0.1, -0.05) is 20.8 Å². The zero-order valence-corrected chi connectivity index (χ0v) is 11.1. The van der Waals surface area contributed by atoms with E-state index in [0.29, 0.717) is 6.04 Å². The molecule has 0 aromatic carbocycles. The van der Waals surface area contributed by atoms with E-state index in [1.807, 2.05) is 6.20 Å². The first kappa shape index (κ1) is 12.4. The van der Waals surface area contributed by atoms with E-state index in [1.165, 1.54) is 5.69 Å². The fourth-order valence-corrected chi connectivity index (χ4v) is 2.17. The lowest BCUT2D eigenvalue weighted by molar-refractivity contribution is 0.500. The lowest BCUT2D eigenvalue weighted by Crippen LogP contribution is -2.39. The summed E-state index contributed by atoms with van der Waals surface area (Å²) in [5.41, 5.74) is 8.42. The molecule has 0 amide bonds. The molecule has 0 bridgehead atoms. The van der Waals surface area contributed by atoms with Crippen LogP contribution in [0, 0.1) is 0 Å². The molecule has 0 unspecified atom stereocenters. The number of hydrogen-bond donors (Lipinski definition) is 1. The van der Waals surface area contributed by atoms with Crippen molar-refractivity contribution in [2.45, 2.75) is 45.1 Å². The lowest BCUT2D eigenvalue weighted by atomic mass is 9.91. The fraction of sp³-hybridized carbons (Fsp3) is 0.643. The number of aromatic nitrogens is 1. The molecule has 1 aromatic heterocycles. The molecular weight excluding hydrogens is 210 g/mol. The SMILES string of the molecule is CC(C)(C)c1ccc(N2CCC(N)CC2)cn1. The molecular formula is C14H23N3. The van der Waals surface area contributed by atoms with Crippen molar-refractivity contribution in [1.29, 1.82) is 0 Å². The summed E-state index contributed by atoms with van der Waals surface area (Å²) >= 11 is 0. The molecule has 2 N–H and O–H groups in total. The maximum Gasteiger partial charge on any atom is 0.0552 e. The summed E-state index contributed by atoms with van der Waals surface area (Å²) in [4.78, 5) is 6.95.